The standard InChI is InChI=1S/C15H14N4S/c1-10-17-12(9-20-10)7-15-18-13(8-14(16)19-15)11-5-3-2-4-6-11/h2-6,8-9H,7H2,1H3,(H2,16,18,19). The largest absolute Gasteiger partial charge is 0.384 e. The smallest absolute Gasteiger partial charge is 0.137 e. The van der Waals surface area contributed by atoms with Crippen LogP contribution in [0.1, 0.15) is 16.5 Å². The van der Waals surface area contributed by atoms with Crippen LogP contribution in [0, 0.1) is 6.92 Å². The molecule has 0 aliphatic rings. The van der Waals surface area contributed by atoms with Gasteiger partial charge in [-0.15, -0.1) is 11.3 Å². The maximum atomic E-state index is 5.89. The van der Waals surface area contributed by atoms with Gasteiger partial charge in [-0.3, -0.25) is 0 Å². The summed E-state index contributed by atoms with van der Waals surface area (Å²) in [7, 11) is 0. The van der Waals surface area contributed by atoms with Crippen LogP contribution in [0.5, 0.6) is 0 Å². The van der Waals surface area contributed by atoms with Gasteiger partial charge in [0.05, 0.1) is 22.8 Å². The van der Waals surface area contributed by atoms with Gasteiger partial charge in [-0.2, -0.15) is 0 Å². The maximum absolute atomic E-state index is 5.89. The molecule has 3 aromatic rings. The molecular weight excluding hydrogens is 268 g/mol. The predicted octanol–water partition coefficient (Wildman–Crippen LogP) is 3.08. The minimum absolute atomic E-state index is 0.487. The van der Waals surface area contributed by atoms with E-state index in [1.807, 2.05) is 42.6 Å². The number of benzene rings is 1. The van der Waals surface area contributed by atoms with Crippen molar-refractivity contribution >= 4 is 17.2 Å². The number of anilines is 1. The van der Waals surface area contributed by atoms with Crippen molar-refractivity contribution in [3.05, 3.63) is 58.3 Å². The van der Waals surface area contributed by atoms with E-state index in [4.69, 9.17) is 5.73 Å². The van der Waals surface area contributed by atoms with Crippen LogP contribution in [-0.4, -0.2) is 15.0 Å². The second kappa shape index (κ2) is 5.38. The Kier molecular flexibility index (Phi) is 3.43. The van der Waals surface area contributed by atoms with Gasteiger partial charge in [0.1, 0.15) is 11.6 Å². The number of rotatable bonds is 3. The van der Waals surface area contributed by atoms with Gasteiger partial charge in [0.25, 0.3) is 0 Å². The van der Waals surface area contributed by atoms with Gasteiger partial charge in [0.15, 0.2) is 0 Å². The number of nitrogens with two attached hydrogens (primary N) is 1. The fourth-order valence-electron chi connectivity index (χ4n) is 2.00. The predicted molar refractivity (Wildman–Crippen MR) is 81.5 cm³/mol. The number of aryl methyl sites for hydroxylation is 1. The fourth-order valence-corrected chi connectivity index (χ4v) is 2.62. The first-order chi connectivity index (χ1) is 9.70. The van der Waals surface area contributed by atoms with Gasteiger partial charge >= 0.3 is 0 Å². The highest BCUT2D eigenvalue weighted by Crippen LogP contribution is 2.19. The van der Waals surface area contributed by atoms with Crippen molar-refractivity contribution in [2.24, 2.45) is 0 Å². The fraction of sp³-hybridized carbons (Fsp3) is 0.133. The Labute approximate surface area is 121 Å². The zero-order valence-corrected chi connectivity index (χ0v) is 11.9. The van der Waals surface area contributed by atoms with E-state index in [1.165, 1.54) is 0 Å². The molecule has 0 saturated heterocycles. The minimum atomic E-state index is 0.487. The van der Waals surface area contributed by atoms with E-state index in [0.717, 1.165) is 22.0 Å². The van der Waals surface area contributed by atoms with E-state index in [-0.39, 0.29) is 0 Å². The van der Waals surface area contributed by atoms with Crippen LogP contribution in [0.4, 0.5) is 5.82 Å². The Morgan fingerprint density at radius 1 is 1.10 bits per heavy atom. The molecule has 4 nitrogen and oxygen atoms in total. The monoisotopic (exact) mass is 282 g/mol. The summed E-state index contributed by atoms with van der Waals surface area (Å²) in [5, 5.41) is 3.08. The van der Waals surface area contributed by atoms with E-state index >= 15 is 0 Å². The van der Waals surface area contributed by atoms with Gasteiger partial charge in [0.2, 0.25) is 0 Å². The molecule has 0 amide bonds. The van der Waals surface area contributed by atoms with Crippen molar-refractivity contribution in [3.63, 3.8) is 0 Å². The van der Waals surface area contributed by atoms with Crippen molar-refractivity contribution in [3.8, 4) is 11.3 Å². The molecule has 1 aromatic carbocycles. The number of thiazole rings is 1. The first-order valence-corrected chi connectivity index (χ1v) is 7.18. The van der Waals surface area contributed by atoms with Gasteiger partial charge in [-0.1, -0.05) is 30.3 Å². The van der Waals surface area contributed by atoms with Crippen molar-refractivity contribution in [1.82, 2.24) is 15.0 Å². The van der Waals surface area contributed by atoms with Crippen LogP contribution < -0.4 is 5.73 Å². The maximum Gasteiger partial charge on any atom is 0.137 e. The van der Waals surface area contributed by atoms with Crippen LogP contribution in [0.15, 0.2) is 41.8 Å². The molecule has 2 aromatic heterocycles. The Balaban J connectivity index is 1.94. The van der Waals surface area contributed by atoms with Crippen LogP contribution >= 0.6 is 11.3 Å². The number of hydrogen-bond acceptors (Lipinski definition) is 5. The van der Waals surface area contributed by atoms with Gasteiger partial charge in [-0.05, 0) is 6.92 Å². The summed E-state index contributed by atoms with van der Waals surface area (Å²) in [5.74, 6) is 1.19. The highest BCUT2D eigenvalue weighted by molar-refractivity contribution is 7.09. The lowest BCUT2D eigenvalue weighted by Crippen LogP contribution is -2.02. The minimum Gasteiger partial charge on any atom is -0.384 e. The Bertz CT molecular complexity index is 722. The molecule has 0 atom stereocenters. The van der Waals surface area contributed by atoms with E-state index < -0.39 is 0 Å². The van der Waals surface area contributed by atoms with Crippen molar-refractivity contribution in [2.75, 3.05) is 5.73 Å². The lowest BCUT2D eigenvalue weighted by atomic mass is 10.1. The lowest BCUT2D eigenvalue weighted by Gasteiger charge is -2.05. The topological polar surface area (TPSA) is 64.7 Å². The number of aromatic nitrogens is 3. The first-order valence-electron chi connectivity index (χ1n) is 6.30. The van der Waals surface area contributed by atoms with Crippen LogP contribution in [0.25, 0.3) is 11.3 Å². The lowest BCUT2D eigenvalue weighted by molar-refractivity contribution is 0.948. The molecule has 2 N–H and O–H groups in total. The molecule has 20 heavy (non-hydrogen) atoms. The highest BCUT2D eigenvalue weighted by atomic mass is 32.1. The third-order valence-corrected chi connectivity index (χ3v) is 3.69. The molecule has 0 unspecified atom stereocenters. The number of nitrogen functional groups attached to an aromatic ring is 1. The molecule has 3 rings (SSSR count). The summed E-state index contributed by atoms with van der Waals surface area (Å²) in [6.07, 6.45) is 0.606. The highest BCUT2D eigenvalue weighted by Gasteiger charge is 2.07. The molecule has 100 valence electrons. The molecule has 0 spiro atoms. The summed E-state index contributed by atoms with van der Waals surface area (Å²) < 4.78 is 0. The molecule has 0 bridgehead atoms. The van der Waals surface area contributed by atoms with Crippen molar-refractivity contribution in [1.29, 1.82) is 0 Å². The Morgan fingerprint density at radius 2 is 1.90 bits per heavy atom. The molecular formula is C15H14N4S. The molecule has 0 saturated carbocycles. The molecule has 0 aliphatic heterocycles. The van der Waals surface area contributed by atoms with E-state index in [0.29, 0.717) is 18.1 Å². The quantitative estimate of drug-likeness (QED) is 0.801. The van der Waals surface area contributed by atoms with E-state index in [9.17, 15) is 0 Å². The van der Waals surface area contributed by atoms with Gasteiger partial charge < -0.3 is 5.73 Å². The zero-order valence-electron chi connectivity index (χ0n) is 11.1. The van der Waals surface area contributed by atoms with Gasteiger partial charge in [-0.25, -0.2) is 15.0 Å². The van der Waals surface area contributed by atoms with E-state index in [2.05, 4.69) is 15.0 Å². The zero-order chi connectivity index (χ0) is 13.9. The average molecular weight is 282 g/mol. The van der Waals surface area contributed by atoms with E-state index in [1.54, 1.807) is 17.4 Å². The molecule has 2 heterocycles. The summed E-state index contributed by atoms with van der Waals surface area (Å²) in [6.45, 7) is 1.99. The summed E-state index contributed by atoms with van der Waals surface area (Å²) in [5.41, 5.74) is 8.76. The summed E-state index contributed by atoms with van der Waals surface area (Å²) in [4.78, 5) is 13.3. The molecule has 5 heteroatoms. The third-order valence-electron chi connectivity index (χ3n) is 2.87. The second-order valence-corrected chi connectivity index (χ2v) is 5.56. The summed E-state index contributed by atoms with van der Waals surface area (Å²) >= 11 is 1.63. The van der Waals surface area contributed by atoms with Crippen molar-refractivity contribution < 1.29 is 0 Å². The van der Waals surface area contributed by atoms with Crippen LogP contribution in [0.2, 0.25) is 0 Å². The number of hydrogen-bond donors (Lipinski definition) is 1. The second-order valence-electron chi connectivity index (χ2n) is 4.49. The molecule has 0 radical (unpaired) electrons. The van der Waals surface area contributed by atoms with Crippen molar-refractivity contribution in [2.45, 2.75) is 13.3 Å². The summed E-state index contributed by atoms with van der Waals surface area (Å²) in [6, 6.07) is 11.8. The molecule has 0 fully saturated rings. The molecule has 0 aliphatic carbocycles. The number of nitrogens with zero attached hydrogens (tertiary/aromatic N) is 3. The Morgan fingerprint density at radius 3 is 2.60 bits per heavy atom. The average Bonchev–Trinajstić information content (AvgIpc) is 2.84. The Hall–Kier alpha value is -2.27. The normalized spacial score (nSPS) is 10.7. The van der Waals surface area contributed by atoms with Crippen LogP contribution in [-0.2, 0) is 6.42 Å². The van der Waals surface area contributed by atoms with Gasteiger partial charge in [0, 0.05) is 17.0 Å². The SMILES string of the molecule is Cc1nc(Cc2nc(N)cc(-c3ccccc3)n2)cs1. The van der Waals surface area contributed by atoms with Crippen LogP contribution in [0.3, 0.4) is 0 Å². The first kappa shape index (κ1) is 12.7. The third kappa shape index (κ3) is 2.83.